The number of nitrogens with zero attached hydrogens (tertiary/aromatic N) is 3. The van der Waals surface area contributed by atoms with E-state index in [4.69, 9.17) is 4.42 Å². The van der Waals surface area contributed by atoms with Crippen molar-refractivity contribution >= 4 is 5.91 Å². The van der Waals surface area contributed by atoms with Crippen molar-refractivity contribution in [3.05, 3.63) is 41.1 Å². The summed E-state index contributed by atoms with van der Waals surface area (Å²) in [6.45, 7) is 7.47. The first-order chi connectivity index (χ1) is 10.5. The lowest BCUT2D eigenvalue weighted by atomic mass is 10.0. The minimum absolute atomic E-state index is 0.000619. The minimum Gasteiger partial charge on any atom is -0.456 e. The van der Waals surface area contributed by atoms with Gasteiger partial charge in [-0.2, -0.15) is 5.10 Å². The maximum Gasteiger partial charge on any atom is 0.289 e. The summed E-state index contributed by atoms with van der Waals surface area (Å²) < 4.78 is 7.52. The summed E-state index contributed by atoms with van der Waals surface area (Å²) in [5, 5.41) is 4.53. The molecule has 1 aliphatic rings. The van der Waals surface area contributed by atoms with Gasteiger partial charge >= 0.3 is 0 Å². The standard InChI is InChI=1S/C17H23N3O2/c1-12-10-13(2)20(18-12)11-15-6-4-5-9-19(15)17(21)16-8-7-14(3)22-16/h7-8,10,15H,4-6,9,11H2,1-3H3. The third kappa shape index (κ3) is 2.93. The summed E-state index contributed by atoms with van der Waals surface area (Å²) in [4.78, 5) is 14.7. The van der Waals surface area contributed by atoms with Gasteiger partial charge in [-0.3, -0.25) is 9.48 Å². The Kier molecular flexibility index (Phi) is 4.05. The van der Waals surface area contributed by atoms with Crippen molar-refractivity contribution in [3.63, 3.8) is 0 Å². The molecule has 0 radical (unpaired) electrons. The van der Waals surface area contributed by atoms with Crippen LogP contribution in [0.5, 0.6) is 0 Å². The van der Waals surface area contributed by atoms with Gasteiger partial charge in [0, 0.05) is 12.2 Å². The Morgan fingerprint density at radius 2 is 2.14 bits per heavy atom. The van der Waals surface area contributed by atoms with Crippen molar-refractivity contribution in [3.8, 4) is 0 Å². The lowest BCUT2D eigenvalue weighted by molar-refractivity contribution is 0.0549. The normalized spacial score (nSPS) is 18.7. The van der Waals surface area contributed by atoms with E-state index in [9.17, 15) is 4.79 Å². The van der Waals surface area contributed by atoms with Crippen LogP contribution in [0.1, 0.15) is 47.0 Å². The molecule has 5 nitrogen and oxygen atoms in total. The summed E-state index contributed by atoms with van der Waals surface area (Å²) in [5.41, 5.74) is 2.16. The molecule has 3 rings (SSSR count). The molecule has 1 saturated heterocycles. The van der Waals surface area contributed by atoms with Gasteiger partial charge in [-0.25, -0.2) is 0 Å². The minimum atomic E-state index is -0.000619. The quantitative estimate of drug-likeness (QED) is 0.875. The molecular weight excluding hydrogens is 278 g/mol. The fraction of sp³-hybridized carbons (Fsp3) is 0.529. The van der Waals surface area contributed by atoms with E-state index in [1.54, 1.807) is 6.07 Å². The molecule has 0 spiro atoms. The molecule has 22 heavy (non-hydrogen) atoms. The highest BCUT2D eigenvalue weighted by Crippen LogP contribution is 2.22. The molecule has 1 aliphatic heterocycles. The van der Waals surface area contributed by atoms with Crippen molar-refractivity contribution in [2.24, 2.45) is 0 Å². The van der Waals surface area contributed by atoms with Crippen molar-refractivity contribution in [1.82, 2.24) is 14.7 Å². The molecular formula is C17H23N3O2. The largest absolute Gasteiger partial charge is 0.456 e. The molecule has 1 unspecified atom stereocenters. The van der Waals surface area contributed by atoms with Crippen molar-refractivity contribution in [2.75, 3.05) is 6.54 Å². The lowest BCUT2D eigenvalue weighted by Crippen LogP contribution is -2.46. The Morgan fingerprint density at radius 1 is 1.32 bits per heavy atom. The second kappa shape index (κ2) is 5.99. The van der Waals surface area contributed by atoms with Crippen molar-refractivity contribution in [1.29, 1.82) is 0 Å². The number of carbonyl (C=O) groups excluding carboxylic acids is 1. The average molecular weight is 301 g/mol. The fourth-order valence-electron chi connectivity index (χ4n) is 3.21. The van der Waals surface area contributed by atoms with Crippen LogP contribution in [0.15, 0.2) is 22.6 Å². The maximum absolute atomic E-state index is 12.7. The highest BCUT2D eigenvalue weighted by atomic mass is 16.3. The number of hydrogen-bond donors (Lipinski definition) is 0. The van der Waals surface area contributed by atoms with Gasteiger partial charge in [0.25, 0.3) is 5.91 Å². The maximum atomic E-state index is 12.7. The molecule has 0 aliphatic carbocycles. The van der Waals surface area contributed by atoms with Gasteiger partial charge in [0.05, 0.1) is 18.3 Å². The third-order valence-corrected chi connectivity index (χ3v) is 4.33. The van der Waals surface area contributed by atoms with Gasteiger partial charge in [0.15, 0.2) is 5.76 Å². The molecule has 0 saturated carbocycles. The van der Waals surface area contributed by atoms with Crippen LogP contribution < -0.4 is 0 Å². The van der Waals surface area contributed by atoms with Crippen LogP contribution in [-0.2, 0) is 6.54 Å². The number of rotatable bonds is 3. The molecule has 0 bridgehead atoms. The Balaban J connectivity index is 1.79. The highest BCUT2D eigenvalue weighted by Gasteiger charge is 2.29. The first-order valence-electron chi connectivity index (χ1n) is 7.93. The monoisotopic (exact) mass is 301 g/mol. The number of piperidine rings is 1. The smallest absolute Gasteiger partial charge is 0.289 e. The van der Waals surface area contributed by atoms with Crippen molar-refractivity contribution < 1.29 is 9.21 Å². The van der Waals surface area contributed by atoms with E-state index < -0.39 is 0 Å². The first kappa shape index (κ1) is 14.9. The SMILES string of the molecule is Cc1cc(C)n(CC2CCCCN2C(=O)c2ccc(C)o2)n1. The average Bonchev–Trinajstić information content (AvgIpc) is 3.05. The fourth-order valence-corrected chi connectivity index (χ4v) is 3.21. The molecule has 0 aromatic carbocycles. The van der Waals surface area contributed by atoms with Crippen LogP contribution in [0, 0.1) is 20.8 Å². The summed E-state index contributed by atoms with van der Waals surface area (Å²) in [6, 6.07) is 5.87. The highest BCUT2D eigenvalue weighted by molar-refractivity contribution is 5.91. The Bertz CT molecular complexity index is 671. The summed E-state index contributed by atoms with van der Waals surface area (Å²) in [6.07, 6.45) is 3.23. The second-order valence-corrected chi connectivity index (χ2v) is 6.17. The van der Waals surface area contributed by atoms with Gasteiger partial charge in [-0.05, 0) is 58.2 Å². The van der Waals surface area contributed by atoms with Crippen LogP contribution in [0.2, 0.25) is 0 Å². The predicted molar refractivity (Wildman–Crippen MR) is 83.8 cm³/mol. The van der Waals surface area contributed by atoms with E-state index in [2.05, 4.69) is 18.1 Å². The molecule has 2 aromatic heterocycles. The molecule has 0 N–H and O–H groups in total. The van der Waals surface area contributed by atoms with E-state index in [1.165, 1.54) is 0 Å². The van der Waals surface area contributed by atoms with E-state index in [0.717, 1.165) is 49.5 Å². The predicted octanol–water partition coefficient (Wildman–Crippen LogP) is 3.10. The van der Waals surface area contributed by atoms with Gasteiger partial charge in [0.2, 0.25) is 0 Å². The summed E-state index contributed by atoms with van der Waals surface area (Å²) in [5.74, 6) is 1.22. The van der Waals surface area contributed by atoms with E-state index in [1.807, 2.05) is 29.5 Å². The zero-order valence-electron chi connectivity index (χ0n) is 13.5. The number of hydrogen-bond acceptors (Lipinski definition) is 3. The van der Waals surface area contributed by atoms with Gasteiger partial charge < -0.3 is 9.32 Å². The molecule has 5 heteroatoms. The zero-order valence-corrected chi connectivity index (χ0v) is 13.5. The lowest BCUT2D eigenvalue weighted by Gasteiger charge is -2.35. The topological polar surface area (TPSA) is 51.3 Å². The second-order valence-electron chi connectivity index (χ2n) is 6.17. The molecule has 3 heterocycles. The van der Waals surface area contributed by atoms with Crippen LogP contribution >= 0.6 is 0 Å². The van der Waals surface area contributed by atoms with Crippen molar-refractivity contribution in [2.45, 2.75) is 52.6 Å². The third-order valence-electron chi connectivity index (χ3n) is 4.33. The van der Waals surface area contributed by atoms with E-state index >= 15 is 0 Å². The first-order valence-corrected chi connectivity index (χ1v) is 7.93. The number of likely N-dealkylation sites (tertiary alicyclic amines) is 1. The molecule has 1 atom stereocenters. The summed E-state index contributed by atoms with van der Waals surface area (Å²) >= 11 is 0. The Labute approximate surface area is 130 Å². The van der Waals surface area contributed by atoms with Gasteiger partial charge in [-0.15, -0.1) is 0 Å². The number of amides is 1. The van der Waals surface area contributed by atoms with Gasteiger partial charge in [0.1, 0.15) is 5.76 Å². The molecule has 2 aromatic rings. The van der Waals surface area contributed by atoms with E-state index in [0.29, 0.717) is 5.76 Å². The molecule has 1 fully saturated rings. The Morgan fingerprint density at radius 3 is 2.77 bits per heavy atom. The number of aryl methyl sites for hydroxylation is 3. The van der Waals surface area contributed by atoms with Crippen LogP contribution in [0.3, 0.4) is 0 Å². The van der Waals surface area contributed by atoms with Crippen LogP contribution in [-0.4, -0.2) is 33.2 Å². The van der Waals surface area contributed by atoms with Gasteiger partial charge in [-0.1, -0.05) is 0 Å². The molecule has 1 amide bonds. The number of furan rings is 1. The summed E-state index contributed by atoms with van der Waals surface area (Å²) in [7, 11) is 0. The zero-order chi connectivity index (χ0) is 15.7. The van der Waals surface area contributed by atoms with Crippen LogP contribution in [0.25, 0.3) is 0 Å². The number of carbonyl (C=O) groups is 1. The molecule has 118 valence electrons. The number of aromatic nitrogens is 2. The van der Waals surface area contributed by atoms with E-state index in [-0.39, 0.29) is 11.9 Å². The van der Waals surface area contributed by atoms with Crippen LogP contribution in [0.4, 0.5) is 0 Å². The Hall–Kier alpha value is -2.04.